The second-order valence-corrected chi connectivity index (χ2v) is 4.08. The van der Waals surface area contributed by atoms with Crippen molar-refractivity contribution in [1.29, 1.82) is 0 Å². The molecule has 2 nitrogen and oxygen atoms in total. The quantitative estimate of drug-likeness (QED) is 0.595. The summed E-state index contributed by atoms with van der Waals surface area (Å²) < 4.78 is 4.95. The van der Waals surface area contributed by atoms with Crippen molar-refractivity contribution < 1.29 is 4.74 Å². The third-order valence-corrected chi connectivity index (χ3v) is 2.01. The van der Waals surface area contributed by atoms with E-state index in [1.165, 1.54) is 12.8 Å². The molecule has 74 valence electrons. The number of hydrogen-bond donors (Lipinski definition) is 1. The Morgan fingerprint density at radius 2 is 2.00 bits per heavy atom. The minimum absolute atomic E-state index is 0.433. The Labute approximate surface area is 76.7 Å². The van der Waals surface area contributed by atoms with Crippen LogP contribution in [0.2, 0.25) is 0 Å². The van der Waals surface area contributed by atoms with E-state index >= 15 is 0 Å². The van der Waals surface area contributed by atoms with Crippen molar-refractivity contribution >= 4 is 0 Å². The first-order chi connectivity index (χ1) is 5.62. The molecule has 0 saturated heterocycles. The smallest absolute Gasteiger partial charge is 0.0587 e. The molecule has 0 spiro atoms. The Kier molecular flexibility index (Phi) is 6.39. The van der Waals surface area contributed by atoms with Crippen molar-refractivity contribution in [1.82, 2.24) is 5.32 Å². The summed E-state index contributed by atoms with van der Waals surface area (Å²) in [6.45, 7) is 9.69. The molecule has 0 unspecified atom stereocenters. The highest BCUT2D eigenvalue weighted by Gasteiger charge is 2.14. The monoisotopic (exact) mass is 173 g/mol. The van der Waals surface area contributed by atoms with Crippen molar-refractivity contribution in [2.45, 2.75) is 33.6 Å². The van der Waals surface area contributed by atoms with Crippen LogP contribution in [0.1, 0.15) is 33.6 Å². The zero-order chi connectivity index (χ0) is 9.45. The van der Waals surface area contributed by atoms with Gasteiger partial charge in [0.25, 0.3) is 0 Å². The van der Waals surface area contributed by atoms with Gasteiger partial charge in [-0.25, -0.2) is 0 Å². The van der Waals surface area contributed by atoms with Gasteiger partial charge >= 0.3 is 0 Å². The molecule has 0 heterocycles. The lowest BCUT2D eigenvalue weighted by molar-refractivity contribution is 0.192. The summed E-state index contributed by atoms with van der Waals surface area (Å²) in [6, 6.07) is 0. The summed E-state index contributed by atoms with van der Waals surface area (Å²) in [5.41, 5.74) is 0.433. The standard InChI is InChI=1S/C10H23NO/c1-5-6-10(2,3)9-11-7-8-12-4/h11H,5-9H2,1-4H3. The Morgan fingerprint density at radius 1 is 1.33 bits per heavy atom. The fourth-order valence-electron chi connectivity index (χ4n) is 1.37. The SMILES string of the molecule is CCCC(C)(C)CNCCOC. The largest absolute Gasteiger partial charge is 0.383 e. The van der Waals surface area contributed by atoms with Crippen LogP contribution in [0.5, 0.6) is 0 Å². The second kappa shape index (κ2) is 6.44. The van der Waals surface area contributed by atoms with Crippen LogP contribution >= 0.6 is 0 Å². The molecule has 0 atom stereocenters. The number of ether oxygens (including phenoxy) is 1. The van der Waals surface area contributed by atoms with Crippen molar-refractivity contribution in [2.24, 2.45) is 5.41 Å². The van der Waals surface area contributed by atoms with Gasteiger partial charge in [-0.05, 0) is 11.8 Å². The Morgan fingerprint density at radius 3 is 2.50 bits per heavy atom. The predicted octanol–water partition coefficient (Wildman–Crippen LogP) is 2.05. The maximum Gasteiger partial charge on any atom is 0.0587 e. The van der Waals surface area contributed by atoms with E-state index in [9.17, 15) is 0 Å². The van der Waals surface area contributed by atoms with Crippen molar-refractivity contribution in [3.05, 3.63) is 0 Å². The molecule has 1 N–H and O–H groups in total. The zero-order valence-electron chi connectivity index (χ0n) is 8.94. The minimum atomic E-state index is 0.433. The van der Waals surface area contributed by atoms with E-state index in [0.717, 1.165) is 19.7 Å². The molecule has 0 fully saturated rings. The highest BCUT2D eigenvalue weighted by atomic mass is 16.5. The van der Waals surface area contributed by atoms with Crippen molar-refractivity contribution in [3.63, 3.8) is 0 Å². The van der Waals surface area contributed by atoms with E-state index in [1.54, 1.807) is 7.11 Å². The van der Waals surface area contributed by atoms with Crippen LogP contribution in [-0.4, -0.2) is 26.8 Å². The Balaban J connectivity index is 3.33. The lowest BCUT2D eigenvalue weighted by atomic mass is 9.88. The van der Waals surface area contributed by atoms with Gasteiger partial charge in [-0.15, -0.1) is 0 Å². The van der Waals surface area contributed by atoms with Gasteiger partial charge in [-0.1, -0.05) is 27.2 Å². The topological polar surface area (TPSA) is 21.3 Å². The molecule has 0 aromatic carbocycles. The lowest BCUT2D eigenvalue weighted by Crippen LogP contribution is -2.31. The van der Waals surface area contributed by atoms with Gasteiger partial charge in [0.1, 0.15) is 0 Å². The third kappa shape index (κ3) is 6.62. The first-order valence-electron chi connectivity index (χ1n) is 4.82. The molecule has 0 aliphatic heterocycles. The highest BCUT2D eigenvalue weighted by molar-refractivity contribution is 4.70. The molecular weight excluding hydrogens is 150 g/mol. The minimum Gasteiger partial charge on any atom is -0.383 e. The van der Waals surface area contributed by atoms with Crippen molar-refractivity contribution in [3.8, 4) is 0 Å². The first-order valence-corrected chi connectivity index (χ1v) is 4.82. The van der Waals surface area contributed by atoms with E-state index in [0.29, 0.717) is 5.41 Å². The van der Waals surface area contributed by atoms with Crippen LogP contribution in [0.3, 0.4) is 0 Å². The predicted molar refractivity (Wildman–Crippen MR) is 53.4 cm³/mol. The average Bonchev–Trinajstić information content (AvgIpc) is 1.98. The Hall–Kier alpha value is -0.0800. The molecule has 0 saturated carbocycles. The highest BCUT2D eigenvalue weighted by Crippen LogP contribution is 2.20. The number of methoxy groups -OCH3 is 1. The summed E-state index contributed by atoms with van der Waals surface area (Å²) >= 11 is 0. The molecule has 12 heavy (non-hydrogen) atoms. The van der Waals surface area contributed by atoms with Crippen LogP contribution in [0.25, 0.3) is 0 Å². The molecule has 2 heteroatoms. The van der Waals surface area contributed by atoms with Crippen LogP contribution in [-0.2, 0) is 4.74 Å². The maximum atomic E-state index is 4.95. The average molecular weight is 173 g/mol. The number of hydrogen-bond acceptors (Lipinski definition) is 2. The molecule has 0 radical (unpaired) electrons. The molecule has 0 rings (SSSR count). The normalized spacial score (nSPS) is 12.0. The molecule has 0 amide bonds. The number of nitrogens with one attached hydrogen (secondary N) is 1. The molecule has 0 aliphatic rings. The van der Waals surface area contributed by atoms with E-state index < -0.39 is 0 Å². The van der Waals surface area contributed by atoms with Gasteiger partial charge < -0.3 is 10.1 Å². The van der Waals surface area contributed by atoms with E-state index in [4.69, 9.17) is 4.74 Å². The van der Waals surface area contributed by atoms with Crippen LogP contribution in [0, 0.1) is 5.41 Å². The fraction of sp³-hybridized carbons (Fsp3) is 1.00. The summed E-state index contributed by atoms with van der Waals surface area (Å²) in [7, 11) is 1.73. The first kappa shape index (κ1) is 11.9. The fourth-order valence-corrected chi connectivity index (χ4v) is 1.37. The Bertz CT molecular complexity index is 102. The summed E-state index contributed by atoms with van der Waals surface area (Å²) in [4.78, 5) is 0. The van der Waals surface area contributed by atoms with E-state index in [2.05, 4.69) is 26.1 Å². The van der Waals surface area contributed by atoms with E-state index in [1.807, 2.05) is 0 Å². The summed E-state index contributed by atoms with van der Waals surface area (Å²) in [5.74, 6) is 0. The lowest BCUT2D eigenvalue weighted by Gasteiger charge is -2.24. The van der Waals surface area contributed by atoms with Gasteiger partial charge in [-0.2, -0.15) is 0 Å². The summed E-state index contributed by atoms with van der Waals surface area (Å²) in [6.07, 6.45) is 2.55. The van der Waals surface area contributed by atoms with Gasteiger partial charge in [-0.3, -0.25) is 0 Å². The molecule has 0 aromatic rings. The zero-order valence-corrected chi connectivity index (χ0v) is 8.94. The maximum absolute atomic E-state index is 4.95. The van der Waals surface area contributed by atoms with Gasteiger partial charge in [0.15, 0.2) is 0 Å². The van der Waals surface area contributed by atoms with E-state index in [-0.39, 0.29) is 0 Å². The van der Waals surface area contributed by atoms with Gasteiger partial charge in [0.05, 0.1) is 6.61 Å². The molecule has 0 bridgehead atoms. The third-order valence-electron chi connectivity index (χ3n) is 2.01. The van der Waals surface area contributed by atoms with Crippen LogP contribution in [0.4, 0.5) is 0 Å². The number of rotatable bonds is 7. The van der Waals surface area contributed by atoms with Gasteiger partial charge in [0.2, 0.25) is 0 Å². The molecule has 0 aliphatic carbocycles. The van der Waals surface area contributed by atoms with Crippen LogP contribution in [0.15, 0.2) is 0 Å². The molecule has 0 aromatic heterocycles. The van der Waals surface area contributed by atoms with Crippen LogP contribution < -0.4 is 5.32 Å². The summed E-state index contributed by atoms with van der Waals surface area (Å²) in [5, 5.41) is 3.39. The van der Waals surface area contributed by atoms with Gasteiger partial charge in [0, 0.05) is 20.2 Å². The second-order valence-electron chi connectivity index (χ2n) is 4.08. The van der Waals surface area contributed by atoms with Crippen molar-refractivity contribution in [2.75, 3.05) is 26.8 Å². The molecular formula is C10H23NO.